The van der Waals surface area contributed by atoms with Gasteiger partial charge in [-0.3, -0.25) is 4.79 Å². The summed E-state index contributed by atoms with van der Waals surface area (Å²) in [7, 11) is -2.26. The Bertz CT molecular complexity index is 484. The van der Waals surface area contributed by atoms with Gasteiger partial charge in [-0.1, -0.05) is 6.07 Å². The molecule has 0 saturated heterocycles. The van der Waals surface area contributed by atoms with E-state index in [0.29, 0.717) is 0 Å². The largest absolute Gasteiger partial charge is 0.394 e. The Kier molecular flexibility index (Phi) is 5.27. The van der Waals surface area contributed by atoms with E-state index >= 15 is 0 Å². The maximum atomic E-state index is 12.0. The van der Waals surface area contributed by atoms with Gasteiger partial charge >= 0.3 is 0 Å². The number of rotatable bonds is 6. The number of nitrogens with one attached hydrogen (secondary N) is 1. The number of hydrogen-bond acceptors (Lipinski definition) is 5. The van der Waals surface area contributed by atoms with E-state index < -0.39 is 22.0 Å². The van der Waals surface area contributed by atoms with Gasteiger partial charge in [0.25, 0.3) is 10.0 Å². The Balaban J connectivity index is 2.66. The third-order valence-corrected chi connectivity index (χ3v) is 5.38. The van der Waals surface area contributed by atoms with Gasteiger partial charge in [-0.05, 0) is 18.4 Å². The topological polar surface area (TPSA) is 86.7 Å². The predicted molar refractivity (Wildman–Crippen MR) is 68.8 cm³/mol. The summed E-state index contributed by atoms with van der Waals surface area (Å²) in [6.45, 7) is 1.17. The first-order valence-electron chi connectivity index (χ1n) is 5.28. The van der Waals surface area contributed by atoms with Crippen molar-refractivity contribution in [3.8, 4) is 0 Å². The van der Waals surface area contributed by atoms with Crippen molar-refractivity contribution < 1.29 is 18.3 Å². The van der Waals surface area contributed by atoms with Gasteiger partial charge in [-0.2, -0.15) is 4.31 Å². The summed E-state index contributed by atoms with van der Waals surface area (Å²) in [5, 5.41) is 12.9. The van der Waals surface area contributed by atoms with E-state index in [9.17, 15) is 13.2 Å². The predicted octanol–water partition coefficient (Wildman–Crippen LogP) is -0.134. The van der Waals surface area contributed by atoms with Crippen molar-refractivity contribution in [1.82, 2.24) is 9.62 Å². The van der Waals surface area contributed by atoms with E-state index in [1.54, 1.807) is 18.4 Å². The van der Waals surface area contributed by atoms with Crippen LogP contribution in [-0.4, -0.2) is 50.0 Å². The SMILES string of the molecule is C[C@@H](CO)NC(=O)CN(C)S(=O)(=O)c1cccs1. The van der Waals surface area contributed by atoms with E-state index in [1.165, 1.54) is 13.1 Å². The van der Waals surface area contributed by atoms with Gasteiger partial charge in [0.1, 0.15) is 4.21 Å². The van der Waals surface area contributed by atoms with Gasteiger partial charge in [0, 0.05) is 13.1 Å². The van der Waals surface area contributed by atoms with Gasteiger partial charge in [-0.15, -0.1) is 11.3 Å². The number of aliphatic hydroxyl groups excluding tert-OH is 1. The molecule has 1 amide bonds. The maximum Gasteiger partial charge on any atom is 0.252 e. The number of thiophene rings is 1. The molecular weight excluding hydrogens is 276 g/mol. The fourth-order valence-corrected chi connectivity index (χ4v) is 3.55. The van der Waals surface area contributed by atoms with Gasteiger partial charge < -0.3 is 10.4 Å². The summed E-state index contributed by atoms with van der Waals surface area (Å²) in [6, 6.07) is 2.74. The quantitative estimate of drug-likeness (QED) is 0.764. The van der Waals surface area contributed by atoms with Crippen LogP contribution in [0.4, 0.5) is 0 Å². The van der Waals surface area contributed by atoms with Crippen LogP contribution in [0.25, 0.3) is 0 Å². The summed E-state index contributed by atoms with van der Waals surface area (Å²) in [5.41, 5.74) is 0. The fraction of sp³-hybridized carbons (Fsp3) is 0.500. The van der Waals surface area contributed by atoms with E-state index in [0.717, 1.165) is 15.6 Å². The molecule has 0 spiro atoms. The lowest BCUT2D eigenvalue weighted by Gasteiger charge is -2.17. The van der Waals surface area contributed by atoms with Crippen molar-refractivity contribution in [2.75, 3.05) is 20.2 Å². The maximum absolute atomic E-state index is 12.0. The lowest BCUT2D eigenvalue weighted by molar-refractivity contribution is -0.122. The summed E-state index contributed by atoms with van der Waals surface area (Å²) in [5.74, 6) is -0.445. The fourth-order valence-electron chi connectivity index (χ4n) is 1.22. The normalized spacial score (nSPS) is 13.6. The third kappa shape index (κ3) is 3.77. The molecule has 2 N–H and O–H groups in total. The van der Waals surface area contributed by atoms with Crippen LogP contribution < -0.4 is 5.32 Å². The second kappa shape index (κ2) is 6.28. The standard InChI is InChI=1S/C10H16N2O4S2/c1-8(7-13)11-9(14)6-12(2)18(15,16)10-4-3-5-17-10/h3-5,8,13H,6-7H2,1-2H3,(H,11,14)/t8-/m0/s1. The highest BCUT2D eigenvalue weighted by atomic mass is 32.2. The molecule has 1 aromatic heterocycles. The van der Waals surface area contributed by atoms with E-state index in [4.69, 9.17) is 5.11 Å². The first-order chi connectivity index (χ1) is 8.37. The summed E-state index contributed by atoms with van der Waals surface area (Å²) in [6.07, 6.45) is 0. The zero-order valence-electron chi connectivity index (χ0n) is 10.2. The molecule has 0 aliphatic rings. The molecule has 1 rings (SSSR count). The van der Waals surface area contributed by atoms with Gasteiger partial charge in [0.15, 0.2) is 0 Å². The molecule has 1 heterocycles. The van der Waals surface area contributed by atoms with Gasteiger partial charge in [0.2, 0.25) is 5.91 Å². The van der Waals surface area contributed by atoms with Crippen LogP contribution in [0.15, 0.2) is 21.7 Å². The molecule has 102 valence electrons. The van der Waals surface area contributed by atoms with E-state index in [-0.39, 0.29) is 17.4 Å². The van der Waals surface area contributed by atoms with Crippen molar-refractivity contribution >= 4 is 27.3 Å². The minimum absolute atomic E-state index is 0.187. The Morgan fingerprint density at radius 2 is 2.28 bits per heavy atom. The van der Waals surface area contributed by atoms with E-state index in [2.05, 4.69) is 5.32 Å². The van der Waals surface area contributed by atoms with Crippen LogP contribution in [0.5, 0.6) is 0 Å². The van der Waals surface area contributed by atoms with Crippen LogP contribution in [0.2, 0.25) is 0 Å². The first-order valence-corrected chi connectivity index (χ1v) is 7.60. The minimum Gasteiger partial charge on any atom is -0.394 e. The highest BCUT2D eigenvalue weighted by Gasteiger charge is 2.24. The molecule has 8 heteroatoms. The zero-order valence-corrected chi connectivity index (χ0v) is 11.8. The number of nitrogens with zero attached hydrogens (tertiary/aromatic N) is 1. The van der Waals surface area contributed by atoms with Crippen LogP contribution >= 0.6 is 11.3 Å². The molecule has 0 aliphatic heterocycles. The summed E-state index contributed by atoms with van der Waals surface area (Å²) >= 11 is 1.10. The highest BCUT2D eigenvalue weighted by Crippen LogP contribution is 2.19. The second-order valence-electron chi connectivity index (χ2n) is 3.84. The van der Waals surface area contributed by atoms with Crippen molar-refractivity contribution in [3.05, 3.63) is 17.5 Å². The molecule has 0 aromatic carbocycles. The van der Waals surface area contributed by atoms with Crippen molar-refractivity contribution in [1.29, 1.82) is 0 Å². The van der Waals surface area contributed by atoms with Crippen LogP contribution in [0, 0.1) is 0 Å². The number of carbonyl (C=O) groups excluding carboxylic acids is 1. The molecule has 0 bridgehead atoms. The molecule has 1 aromatic rings. The zero-order chi connectivity index (χ0) is 13.8. The van der Waals surface area contributed by atoms with Crippen molar-refractivity contribution in [2.45, 2.75) is 17.2 Å². The molecule has 0 radical (unpaired) electrons. The van der Waals surface area contributed by atoms with Gasteiger partial charge in [0.05, 0.1) is 13.2 Å². The smallest absolute Gasteiger partial charge is 0.252 e. The van der Waals surface area contributed by atoms with Crippen molar-refractivity contribution in [2.24, 2.45) is 0 Å². The Labute approximate surface area is 110 Å². The number of amides is 1. The monoisotopic (exact) mass is 292 g/mol. The lowest BCUT2D eigenvalue weighted by Crippen LogP contribution is -2.42. The number of aliphatic hydroxyl groups is 1. The molecule has 1 atom stereocenters. The molecule has 0 unspecified atom stereocenters. The molecule has 0 saturated carbocycles. The molecule has 0 aliphatic carbocycles. The number of hydrogen-bond donors (Lipinski definition) is 2. The summed E-state index contributed by atoms with van der Waals surface area (Å²) < 4.78 is 25.2. The molecular formula is C10H16N2O4S2. The Morgan fingerprint density at radius 1 is 1.61 bits per heavy atom. The Hall–Kier alpha value is -0.960. The highest BCUT2D eigenvalue weighted by molar-refractivity contribution is 7.91. The first kappa shape index (κ1) is 15.1. The second-order valence-corrected chi connectivity index (χ2v) is 7.06. The third-order valence-electron chi connectivity index (χ3n) is 2.21. The number of carbonyl (C=O) groups is 1. The molecule has 0 fully saturated rings. The minimum atomic E-state index is -3.60. The van der Waals surface area contributed by atoms with Crippen molar-refractivity contribution in [3.63, 3.8) is 0 Å². The Morgan fingerprint density at radius 3 is 2.78 bits per heavy atom. The lowest BCUT2D eigenvalue weighted by atomic mass is 10.3. The number of likely N-dealkylation sites (N-methyl/N-ethyl adjacent to an activating group) is 1. The van der Waals surface area contributed by atoms with Crippen LogP contribution in [0.1, 0.15) is 6.92 Å². The average molecular weight is 292 g/mol. The van der Waals surface area contributed by atoms with Crippen LogP contribution in [-0.2, 0) is 14.8 Å². The molecule has 18 heavy (non-hydrogen) atoms. The number of sulfonamides is 1. The van der Waals surface area contributed by atoms with E-state index in [1.807, 2.05) is 0 Å². The average Bonchev–Trinajstić information content (AvgIpc) is 2.82. The van der Waals surface area contributed by atoms with Gasteiger partial charge in [-0.25, -0.2) is 8.42 Å². The summed E-state index contributed by atoms with van der Waals surface area (Å²) in [4.78, 5) is 11.5. The van der Waals surface area contributed by atoms with Crippen LogP contribution in [0.3, 0.4) is 0 Å². The molecule has 6 nitrogen and oxygen atoms in total.